The lowest BCUT2D eigenvalue weighted by Gasteiger charge is -2.25. The zero-order valence-corrected chi connectivity index (χ0v) is 18.3. The van der Waals surface area contributed by atoms with E-state index in [4.69, 9.17) is 0 Å². The van der Waals surface area contributed by atoms with Gasteiger partial charge >= 0.3 is 0 Å². The molecule has 1 amide bonds. The van der Waals surface area contributed by atoms with Gasteiger partial charge in [0, 0.05) is 15.8 Å². The maximum absolute atomic E-state index is 13.3. The molecule has 4 nitrogen and oxygen atoms in total. The second kappa shape index (κ2) is 8.09. The van der Waals surface area contributed by atoms with Crippen LogP contribution >= 0.6 is 11.3 Å². The fraction of sp³-hybridized carbons (Fsp3) is 0.111. The molecule has 5 rings (SSSR count). The van der Waals surface area contributed by atoms with E-state index in [9.17, 15) is 14.7 Å². The molecule has 0 aliphatic carbocycles. The number of benzene rings is 3. The van der Waals surface area contributed by atoms with Crippen LogP contribution in [0.1, 0.15) is 29.0 Å². The predicted octanol–water partition coefficient (Wildman–Crippen LogP) is 6.09. The third-order valence-corrected chi connectivity index (χ3v) is 6.84. The topological polar surface area (TPSA) is 57.6 Å². The largest absolute Gasteiger partial charge is 0.507 e. The van der Waals surface area contributed by atoms with Crippen LogP contribution in [-0.2, 0) is 16.0 Å². The molecule has 158 valence electrons. The highest BCUT2D eigenvalue weighted by Crippen LogP contribution is 2.45. The van der Waals surface area contributed by atoms with Gasteiger partial charge in [-0.3, -0.25) is 14.5 Å². The van der Waals surface area contributed by atoms with E-state index >= 15 is 0 Å². The van der Waals surface area contributed by atoms with Crippen molar-refractivity contribution in [3.63, 3.8) is 0 Å². The van der Waals surface area contributed by atoms with Crippen LogP contribution in [0, 0.1) is 0 Å². The summed E-state index contributed by atoms with van der Waals surface area (Å²) in [6.07, 6.45) is 0.877. The van der Waals surface area contributed by atoms with Crippen molar-refractivity contribution in [3.8, 4) is 0 Å². The van der Waals surface area contributed by atoms with Gasteiger partial charge in [-0.15, -0.1) is 11.3 Å². The monoisotopic (exact) mass is 439 g/mol. The molecule has 2 heterocycles. The lowest BCUT2D eigenvalue weighted by Crippen LogP contribution is -2.29. The highest BCUT2D eigenvalue weighted by molar-refractivity contribution is 7.10. The SMILES string of the molecule is CCc1ccc(/C(O)=C2/C(=O)C(=O)N(c3cccc4ccccc34)C2c2cccs2)cc1. The summed E-state index contributed by atoms with van der Waals surface area (Å²) < 4.78 is 0. The van der Waals surface area contributed by atoms with Gasteiger partial charge in [0.1, 0.15) is 11.8 Å². The van der Waals surface area contributed by atoms with Gasteiger partial charge in [-0.1, -0.05) is 73.7 Å². The molecule has 3 aromatic carbocycles. The van der Waals surface area contributed by atoms with Crippen molar-refractivity contribution >= 4 is 45.2 Å². The molecule has 0 saturated carbocycles. The molecule has 1 N–H and O–H groups in total. The Bertz CT molecular complexity index is 1350. The quantitative estimate of drug-likeness (QED) is 0.238. The van der Waals surface area contributed by atoms with E-state index in [1.807, 2.05) is 72.1 Å². The van der Waals surface area contributed by atoms with Crippen LogP contribution in [0.4, 0.5) is 5.69 Å². The molecule has 1 aliphatic heterocycles. The summed E-state index contributed by atoms with van der Waals surface area (Å²) in [6, 6.07) is 24.0. The standard InChI is InChI=1S/C27H21NO3S/c1-2-17-12-14-19(15-13-17)25(29)23-24(22-11-6-16-32-22)28(27(31)26(23)30)21-10-5-8-18-7-3-4-9-20(18)21/h3-16,24,29H,2H2,1H3/b25-23-. The number of Topliss-reactive ketones (excluding diaryl/α,β-unsaturated/α-hetero) is 1. The molecule has 5 heteroatoms. The smallest absolute Gasteiger partial charge is 0.300 e. The first-order valence-corrected chi connectivity index (χ1v) is 11.4. The van der Waals surface area contributed by atoms with E-state index in [1.165, 1.54) is 16.2 Å². The van der Waals surface area contributed by atoms with Crippen LogP contribution in [0.15, 0.2) is 89.8 Å². The number of hydrogen-bond acceptors (Lipinski definition) is 4. The first-order valence-electron chi connectivity index (χ1n) is 10.5. The molecule has 1 aliphatic rings. The minimum atomic E-state index is -0.688. The third-order valence-electron chi connectivity index (χ3n) is 5.92. The van der Waals surface area contributed by atoms with Crippen LogP contribution in [-0.4, -0.2) is 16.8 Å². The van der Waals surface area contributed by atoms with Crippen LogP contribution in [0.2, 0.25) is 0 Å². The summed E-state index contributed by atoms with van der Waals surface area (Å²) in [4.78, 5) is 29.0. The number of thiophene rings is 1. The van der Waals surface area contributed by atoms with E-state index in [-0.39, 0.29) is 11.3 Å². The van der Waals surface area contributed by atoms with Crippen molar-refractivity contribution in [2.75, 3.05) is 4.90 Å². The number of nitrogens with zero attached hydrogens (tertiary/aromatic N) is 1. The van der Waals surface area contributed by atoms with Crippen molar-refractivity contribution in [1.29, 1.82) is 0 Å². The Hall–Kier alpha value is -3.70. The van der Waals surface area contributed by atoms with Crippen molar-refractivity contribution in [2.45, 2.75) is 19.4 Å². The molecule has 1 aromatic heterocycles. The van der Waals surface area contributed by atoms with Gasteiger partial charge in [-0.05, 0) is 34.9 Å². The second-order valence-corrected chi connectivity index (χ2v) is 8.71. The first-order chi connectivity index (χ1) is 15.6. The number of fused-ring (bicyclic) bond motifs is 1. The minimum absolute atomic E-state index is 0.120. The number of ketones is 1. The fourth-order valence-corrected chi connectivity index (χ4v) is 5.09. The summed E-state index contributed by atoms with van der Waals surface area (Å²) in [5.41, 5.74) is 2.44. The molecule has 4 aromatic rings. The number of aryl methyl sites for hydroxylation is 1. The van der Waals surface area contributed by atoms with Crippen LogP contribution < -0.4 is 4.90 Å². The Kier molecular flexibility index (Phi) is 5.11. The fourth-order valence-electron chi connectivity index (χ4n) is 4.27. The molecule has 1 saturated heterocycles. The second-order valence-electron chi connectivity index (χ2n) is 7.73. The van der Waals surface area contributed by atoms with Gasteiger partial charge in [0.25, 0.3) is 11.7 Å². The molecule has 1 atom stereocenters. The van der Waals surface area contributed by atoms with Crippen molar-refractivity contribution in [3.05, 3.63) is 106 Å². The van der Waals surface area contributed by atoms with Gasteiger partial charge in [0.2, 0.25) is 0 Å². The van der Waals surface area contributed by atoms with Gasteiger partial charge in [0.15, 0.2) is 0 Å². The van der Waals surface area contributed by atoms with Crippen molar-refractivity contribution < 1.29 is 14.7 Å². The number of hydrogen-bond donors (Lipinski definition) is 1. The number of carbonyl (C=O) groups is 2. The molecular formula is C27H21NO3S. The van der Waals surface area contributed by atoms with E-state index in [1.54, 1.807) is 12.1 Å². The third kappa shape index (κ3) is 3.22. The van der Waals surface area contributed by atoms with E-state index in [0.29, 0.717) is 11.3 Å². The average molecular weight is 440 g/mol. The summed E-state index contributed by atoms with van der Waals surface area (Å²) in [6.45, 7) is 2.06. The summed E-state index contributed by atoms with van der Waals surface area (Å²) in [5, 5.41) is 15.0. The van der Waals surface area contributed by atoms with Crippen molar-refractivity contribution in [2.24, 2.45) is 0 Å². The van der Waals surface area contributed by atoms with Gasteiger partial charge in [-0.25, -0.2) is 0 Å². The minimum Gasteiger partial charge on any atom is -0.507 e. The number of rotatable bonds is 4. The Balaban J connectivity index is 1.73. The van der Waals surface area contributed by atoms with E-state index < -0.39 is 17.7 Å². The van der Waals surface area contributed by atoms with Crippen LogP contribution in [0.25, 0.3) is 16.5 Å². The zero-order valence-electron chi connectivity index (χ0n) is 17.5. The summed E-state index contributed by atoms with van der Waals surface area (Å²) in [5.74, 6) is -1.45. The number of aliphatic hydroxyl groups is 1. The van der Waals surface area contributed by atoms with E-state index in [0.717, 1.165) is 27.6 Å². The maximum atomic E-state index is 13.3. The predicted molar refractivity (Wildman–Crippen MR) is 129 cm³/mol. The Morgan fingerprint density at radius 3 is 2.41 bits per heavy atom. The lowest BCUT2D eigenvalue weighted by atomic mass is 9.98. The molecule has 32 heavy (non-hydrogen) atoms. The number of amides is 1. The highest BCUT2D eigenvalue weighted by Gasteiger charge is 2.47. The van der Waals surface area contributed by atoms with E-state index in [2.05, 4.69) is 6.92 Å². The van der Waals surface area contributed by atoms with Crippen molar-refractivity contribution in [1.82, 2.24) is 0 Å². The Morgan fingerprint density at radius 1 is 0.938 bits per heavy atom. The molecular weight excluding hydrogens is 418 g/mol. The summed E-state index contributed by atoms with van der Waals surface area (Å²) in [7, 11) is 0. The summed E-state index contributed by atoms with van der Waals surface area (Å²) >= 11 is 1.46. The lowest BCUT2D eigenvalue weighted by molar-refractivity contribution is -0.132. The number of anilines is 1. The molecule has 1 unspecified atom stereocenters. The molecule has 0 bridgehead atoms. The number of carbonyl (C=O) groups excluding carboxylic acids is 2. The van der Waals surface area contributed by atoms with Gasteiger partial charge in [-0.2, -0.15) is 0 Å². The normalized spacial score (nSPS) is 17.9. The average Bonchev–Trinajstić information content (AvgIpc) is 3.45. The van der Waals surface area contributed by atoms with Gasteiger partial charge < -0.3 is 5.11 Å². The Morgan fingerprint density at radius 2 is 1.69 bits per heavy atom. The highest BCUT2D eigenvalue weighted by atomic mass is 32.1. The van der Waals surface area contributed by atoms with Crippen LogP contribution in [0.5, 0.6) is 0 Å². The number of aliphatic hydroxyl groups excluding tert-OH is 1. The molecule has 1 fully saturated rings. The Labute approximate surface area is 190 Å². The zero-order chi connectivity index (χ0) is 22.2. The first kappa shape index (κ1) is 20.2. The molecule has 0 spiro atoms. The van der Waals surface area contributed by atoms with Gasteiger partial charge in [0.05, 0.1) is 11.3 Å². The van der Waals surface area contributed by atoms with Crippen LogP contribution in [0.3, 0.4) is 0 Å². The molecule has 0 radical (unpaired) electrons. The maximum Gasteiger partial charge on any atom is 0.300 e.